The minimum atomic E-state index is -5.09. The average molecular weight is 466 g/mol. The summed E-state index contributed by atoms with van der Waals surface area (Å²) in [7, 11) is 2.29. The van der Waals surface area contributed by atoms with Crippen molar-refractivity contribution in [3.05, 3.63) is 31.6 Å². The van der Waals surface area contributed by atoms with Crippen molar-refractivity contribution in [1.29, 1.82) is 0 Å². The molecule has 0 unspecified atom stereocenters. The van der Waals surface area contributed by atoms with Crippen molar-refractivity contribution in [1.82, 2.24) is 0 Å². The molecule has 0 spiro atoms. The topological polar surface area (TPSA) is 142 Å². The van der Waals surface area contributed by atoms with E-state index in [4.69, 9.17) is 5.73 Å². The van der Waals surface area contributed by atoms with Gasteiger partial charge in [-0.05, 0) is 12.1 Å². The van der Waals surface area contributed by atoms with E-state index in [1.165, 1.54) is 18.5 Å². The number of hydrogen-bond donors (Lipinski definition) is 2. The van der Waals surface area contributed by atoms with Crippen LogP contribution >= 0.6 is 22.7 Å². The second kappa shape index (κ2) is 10.5. The Balaban J connectivity index is 0.000000325. The lowest BCUT2D eigenvalue weighted by Crippen LogP contribution is -2.30. The Bertz CT molecular complexity index is 967. The monoisotopic (exact) mass is 466 g/mol. The zero-order valence-electron chi connectivity index (χ0n) is 15.2. The van der Waals surface area contributed by atoms with Crippen LogP contribution in [0.2, 0.25) is 0 Å². The molecule has 0 aliphatic carbocycles. The van der Waals surface area contributed by atoms with Gasteiger partial charge in [0.1, 0.15) is 9.75 Å². The molecule has 162 valence electrons. The number of rotatable bonds is 5. The van der Waals surface area contributed by atoms with Gasteiger partial charge in [0.05, 0.1) is 35.3 Å². The van der Waals surface area contributed by atoms with Crippen molar-refractivity contribution in [2.45, 2.75) is 6.18 Å². The summed E-state index contributed by atoms with van der Waals surface area (Å²) in [6.45, 7) is 0. The molecule has 0 saturated carbocycles. The summed E-state index contributed by atoms with van der Waals surface area (Å²) in [6, 6.07) is 2.41. The van der Waals surface area contributed by atoms with Crippen LogP contribution in [0.3, 0.4) is 0 Å². The molecule has 0 radical (unpaired) electrons. The first kappa shape index (κ1) is 24.8. The van der Waals surface area contributed by atoms with Gasteiger partial charge in [-0.25, -0.2) is 9.59 Å². The highest BCUT2D eigenvalue weighted by Gasteiger charge is 2.39. The van der Waals surface area contributed by atoms with Gasteiger partial charge in [-0.1, -0.05) is 0 Å². The number of alkyl halides is 3. The first-order chi connectivity index (χ1) is 14.0. The SMILES string of the molecule is COC(=O)c1sc(C=O)cc1N.COC(=O)c1sc(C=O)cc1NC(=O)C(F)(F)F. The molecule has 0 aromatic carbocycles. The summed E-state index contributed by atoms with van der Waals surface area (Å²) in [5.41, 5.74) is 5.32. The Hall–Kier alpha value is -3.26. The average Bonchev–Trinajstić information content (AvgIpc) is 3.29. The molecular formula is C16H13F3N2O7S2. The number of hydrogen-bond acceptors (Lipinski definition) is 10. The lowest BCUT2D eigenvalue weighted by molar-refractivity contribution is -0.167. The number of carbonyl (C=O) groups excluding carboxylic acids is 5. The van der Waals surface area contributed by atoms with Crippen LogP contribution in [-0.2, 0) is 14.3 Å². The maximum absolute atomic E-state index is 12.0. The number of nitrogen functional groups attached to an aromatic ring is 1. The van der Waals surface area contributed by atoms with E-state index in [9.17, 15) is 37.1 Å². The quantitative estimate of drug-likeness (QED) is 0.506. The predicted octanol–water partition coefficient (Wildman–Crippen LogP) is 2.78. The molecule has 0 aliphatic rings. The summed E-state index contributed by atoms with van der Waals surface area (Å²) >= 11 is 1.64. The molecule has 9 nitrogen and oxygen atoms in total. The first-order valence-electron chi connectivity index (χ1n) is 7.46. The van der Waals surface area contributed by atoms with Crippen molar-refractivity contribution in [2.24, 2.45) is 0 Å². The summed E-state index contributed by atoms with van der Waals surface area (Å²) in [5, 5.41) is 1.51. The minimum absolute atomic E-state index is 0.00660. The zero-order chi connectivity index (χ0) is 23.1. The standard InChI is InChI=1S/C9H6F3NO4S.C7H7NO3S/c1-17-7(15)6-5(2-4(3-14)18-6)13-8(16)9(10,11)12;1-11-7(10)6-5(8)2-4(3-9)12-6/h2-3H,1H3,(H,13,16);2-3H,8H2,1H3. The smallest absolute Gasteiger partial charge is 0.465 e. The number of thiophene rings is 2. The molecular weight excluding hydrogens is 453 g/mol. The van der Waals surface area contributed by atoms with E-state index in [0.29, 0.717) is 28.8 Å². The number of aldehydes is 2. The van der Waals surface area contributed by atoms with E-state index in [0.717, 1.165) is 24.5 Å². The summed E-state index contributed by atoms with van der Waals surface area (Å²) in [6.07, 6.45) is -4.09. The fraction of sp³-hybridized carbons (Fsp3) is 0.188. The minimum Gasteiger partial charge on any atom is -0.465 e. The fourth-order valence-corrected chi connectivity index (χ4v) is 3.39. The molecule has 0 fully saturated rings. The number of halogens is 3. The van der Waals surface area contributed by atoms with Crippen molar-refractivity contribution < 1.29 is 46.6 Å². The van der Waals surface area contributed by atoms with Gasteiger partial charge in [-0.15, -0.1) is 22.7 Å². The molecule has 2 aromatic heterocycles. The molecule has 0 bridgehead atoms. The first-order valence-corrected chi connectivity index (χ1v) is 9.10. The number of amides is 1. The summed E-state index contributed by atoms with van der Waals surface area (Å²) < 4.78 is 44.9. The maximum atomic E-state index is 12.0. The number of anilines is 2. The van der Waals surface area contributed by atoms with Crippen LogP contribution in [0.25, 0.3) is 0 Å². The Morgan fingerprint density at radius 2 is 1.43 bits per heavy atom. The predicted molar refractivity (Wildman–Crippen MR) is 101 cm³/mol. The Morgan fingerprint density at radius 1 is 0.967 bits per heavy atom. The summed E-state index contributed by atoms with van der Waals surface area (Å²) in [5.74, 6) is -3.68. The molecule has 2 heterocycles. The number of nitrogens with one attached hydrogen (secondary N) is 1. The molecule has 14 heteroatoms. The number of methoxy groups -OCH3 is 2. The van der Waals surface area contributed by atoms with Crippen molar-refractivity contribution in [3.63, 3.8) is 0 Å². The van der Waals surface area contributed by atoms with Crippen LogP contribution in [0.15, 0.2) is 12.1 Å². The lowest BCUT2D eigenvalue weighted by Gasteiger charge is -2.07. The van der Waals surface area contributed by atoms with Crippen LogP contribution < -0.4 is 11.1 Å². The van der Waals surface area contributed by atoms with Gasteiger partial charge in [-0.2, -0.15) is 13.2 Å². The summed E-state index contributed by atoms with van der Waals surface area (Å²) in [4.78, 5) is 54.1. The molecule has 3 N–H and O–H groups in total. The van der Waals surface area contributed by atoms with Gasteiger partial charge in [0, 0.05) is 0 Å². The zero-order valence-corrected chi connectivity index (χ0v) is 16.8. The highest BCUT2D eigenvalue weighted by Crippen LogP contribution is 2.29. The van der Waals surface area contributed by atoms with E-state index in [2.05, 4.69) is 9.47 Å². The molecule has 2 rings (SSSR count). The molecule has 0 saturated heterocycles. The Labute approximate surface area is 174 Å². The van der Waals surface area contributed by atoms with E-state index in [-0.39, 0.29) is 20.3 Å². The van der Waals surface area contributed by atoms with Crippen LogP contribution in [0.4, 0.5) is 24.5 Å². The molecule has 0 aliphatic heterocycles. The third kappa shape index (κ3) is 6.38. The van der Waals surface area contributed by atoms with Gasteiger partial charge in [0.2, 0.25) is 0 Å². The second-order valence-corrected chi connectivity index (χ2v) is 7.16. The van der Waals surface area contributed by atoms with Gasteiger partial charge in [0.25, 0.3) is 0 Å². The van der Waals surface area contributed by atoms with E-state index < -0.39 is 29.7 Å². The lowest BCUT2D eigenvalue weighted by atomic mass is 10.3. The van der Waals surface area contributed by atoms with Crippen LogP contribution in [0.5, 0.6) is 0 Å². The number of nitrogens with two attached hydrogens (primary N) is 1. The van der Waals surface area contributed by atoms with Crippen molar-refractivity contribution in [3.8, 4) is 0 Å². The van der Waals surface area contributed by atoms with Crippen molar-refractivity contribution in [2.75, 3.05) is 25.3 Å². The fourth-order valence-electron chi connectivity index (χ4n) is 1.73. The van der Waals surface area contributed by atoms with Crippen LogP contribution in [-0.4, -0.2) is 50.8 Å². The van der Waals surface area contributed by atoms with Crippen LogP contribution in [0, 0.1) is 0 Å². The highest BCUT2D eigenvalue weighted by atomic mass is 32.1. The number of esters is 2. The Kier molecular flexibility index (Phi) is 8.67. The number of carbonyl (C=O) groups is 5. The normalized spacial score (nSPS) is 10.3. The largest absolute Gasteiger partial charge is 0.471 e. The third-order valence-corrected chi connectivity index (χ3v) is 5.11. The molecule has 2 aromatic rings. The molecule has 0 atom stereocenters. The second-order valence-electron chi connectivity index (χ2n) is 5.00. The highest BCUT2D eigenvalue weighted by molar-refractivity contribution is 7.16. The Morgan fingerprint density at radius 3 is 1.87 bits per heavy atom. The van der Waals surface area contributed by atoms with Gasteiger partial charge in [-0.3, -0.25) is 14.4 Å². The molecule has 30 heavy (non-hydrogen) atoms. The third-order valence-electron chi connectivity index (χ3n) is 3.01. The number of ether oxygens (including phenoxy) is 2. The van der Waals surface area contributed by atoms with Crippen molar-refractivity contribution >= 4 is 64.5 Å². The maximum Gasteiger partial charge on any atom is 0.471 e. The van der Waals surface area contributed by atoms with Gasteiger partial charge >= 0.3 is 24.0 Å². The molecule has 1 amide bonds. The van der Waals surface area contributed by atoms with E-state index >= 15 is 0 Å². The van der Waals surface area contributed by atoms with Crippen LogP contribution in [0.1, 0.15) is 38.7 Å². The van der Waals surface area contributed by atoms with Gasteiger partial charge in [0.15, 0.2) is 12.6 Å². The van der Waals surface area contributed by atoms with Gasteiger partial charge < -0.3 is 20.5 Å². The van der Waals surface area contributed by atoms with E-state index in [1.807, 2.05) is 0 Å². The van der Waals surface area contributed by atoms with E-state index in [1.54, 1.807) is 0 Å².